The van der Waals surface area contributed by atoms with Gasteiger partial charge < -0.3 is 4.90 Å². The highest BCUT2D eigenvalue weighted by molar-refractivity contribution is 6.31. The van der Waals surface area contributed by atoms with Gasteiger partial charge >= 0.3 is 0 Å². The first-order valence-corrected chi connectivity index (χ1v) is 10.1. The van der Waals surface area contributed by atoms with Crippen molar-refractivity contribution in [2.24, 2.45) is 0 Å². The zero-order valence-corrected chi connectivity index (χ0v) is 17.1. The normalized spacial score (nSPS) is 15.2. The maximum atomic E-state index is 12.8. The highest BCUT2D eigenvalue weighted by Gasteiger charge is 2.26. The van der Waals surface area contributed by atoms with Gasteiger partial charge in [0.1, 0.15) is 5.69 Å². The van der Waals surface area contributed by atoms with Crippen molar-refractivity contribution < 1.29 is 4.79 Å². The Bertz CT molecular complexity index is 1120. The molecule has 0 N–H and O–H groups in total. The topological polar surface area (TPSA) is 81.0 Å². The van der Waals surface area contributed by atoms with Gasteiger partial charge in [0.2, 0.25) is 0 Å². The summed E-state index contributed by atoms with van der Waals surface area (Å²) >= 11 is 5.99. The van der Waals surface area contributed by atoms with Gasteiger partial charge in [-0.3, -0.25) is 9.59 Å². The van der Waals surface area contributed by atoms with Gasteiger partial charge in [0.05, 0.1) is 11.1 Å². The molecule has 1 fully saturated rings. The highest BCUT2D eigenvalue weighted by Crippen LogP contribution is 2.28. The Balaban J connectivity index is 1.47. The number of carbonyl (C=O) groups excluding carboxylic acids is 1. The zero-order chi connectivity index (χ0) is 20.5. The Morgan fingerprint density at radius 2 is 1.93 bits per heavy atom. The molecule has 29 heavy (non-hydrogen) atoms. The number of aromatic nitrogens is 4. The Morgan fingerprint density at radius 1 is 1.17 bits per heavy atom. The van der Waals surface area contributed by atoms with Crippen LogP contribution in [0.15, 0.2) is 41.3 Å². The fraction of sp³-hybridized carbons (Fsp3) is 0.381. The average molecular weight is 412 g/mol. The summed E-state index contributed by atoms with van der Waals surface area (Å²) < 4.78 is 1.35. The minimum Gasteiger partial charge on any atom is -0.337 e. The molecule has 3 aromatic rings. The van der Waals surface area contributed by atoms with Crippen LogP contribution < -0.4 is 5.56 Å². The van der Waals surface area contributed by atoms with E-state index in [0.717, 1.165) is 23.9 Å². The van der Waals surface area contributed by atoms with Crippen LogP contribution in [-0.4, -0.2) is 43.6 Å². The van der Waals surface area contributed by atoms with Crippen LogP contribution in [0.1, 0.15) is 54.8 Å². The number of nitrogens with zero attached hydrogens (tertiary/aromatic N) is 5. The largest absolute Gasteiger partial charge is 0.337 e. The molecular formula is C21H22ClN5O2. The molecule has 0 saturated carbocycles. The maximum Gasteiger partial charge on any atom is 0.274 e. The number of hydrogen-bond acceptors (Lipinski definition) is 5. The van der Waals surface area contributed by atoms with Gasteiger partial charge in [-0.2, -0.15) is 5.10 Å². The highest BCUT2D eigenvalue weighted by atomic mass is 35.5. The van der Waals surface area contributed by atoms with E-state index in [4.69, 9.17) is 11.6 Å². The molecule has 4 rings (SSSR count). The number of halogens is 1. The number of rotatable bonds is 3. The molecule has 150 valence electrons. The van der Waals surface area contributed by atoms with Crippen LogP contribution in [0.4, 0.5) is 0 Å². The Kier molecular flexibility index (Phi) is 5.32. The summed E-state index contributed by atoms with van der Waals surface area (Å²) in [7, 11) is 0. The average Bonchev–Trinajstić information content (AvgIpc) is 2.73. The molecule has 1 amide bonds. The molecule has 0 bridgehead atoms. The molecule has 0 aliphatic carbocycles. The van der Waals surface area contributed by atoms with Gasteiger partial charge in [0, 0.05) is 42.4 Å². The van der Waals surface area contributed by atoms with Gasteiger partial charge in [0.25, 0.3) is 11.5 Å². The molecule has 0 aromatic carbocycles. The van der Waals surface area contributed by atoms with E-state index >= 15 is 0 Å². The van der Waals surface area contributed by atoms with E-state index in [-0.39, 0.29) is 23.4 Å². The number of hydrogen-bond donors (Lipinski definition) is 0. The van der Waals surface area contributed by atoms with Crippen molar-refractivity contribution in [3.8, 4) is 0 Å². The molecule has 1 saturated heterocycles. The van der Waals surface area contributed by atoms with Crippen LogP contribution in [0.5, 0.6) is 0 Å². The van der Waals surface area contributed by atoms with E-state index in [9.17, 15) is 9.59 Å². The molecular weight excluding hydrogens is 390 g/mol. The maximum absolute atomic E-state index is 12.8. The van der Waals surface area contributed by atoms with Crippen molar-refractivity contribution in [1.82, 2.24) is 24.6 Å². The molecule has 1 aliphatic heterocycles. The van der Waals surface area contributed by atoms with E-state index in [0.29, 0.717) is 29.5 Å². The fourth-order valence-electron chi connectivity index (χ4n) is 3.68. The third kappa shape index (κ3) is 4.00. The van der Waals surface area contributed by atoms with Crippen LogP contribution >= 0.6 is 11.6 Å². The van der Waals surface area contributed by atoms with Gasteiger partial charge in [-0.1, -0.05) is 11.6 Å². The number of pyridine rings is 2. The van der Waals surface area contributed by atoms with Crippen LogP contribution in [0.2, 0.25) is 5.02 Å². The lowest BCUT2D eigenvalue weighted by Crippen LogP contribution is -2.39. The summed E-state index contributed by atoms with van der Waals surface area (Å²) in [5.41, 5.74) is 1.78. The van der Waals surface area contributed by atoms with Gasteiger partial charge in [-0.15, -0.1) is 0 Å². The summed E-state index contributed by atoms with van der Waals surface area (Å²) in [4.78, 5) is 35.5. The van der Waals surface area contributed by atoms with Gasteiger partial charge in [-0.25, -0.2) is 14.6 Å². The molecule has 7 nitrogen and oxygen atoms in total. The summed E-state index contributed by atoms with van der Waals surface area (Å²) in [5, 5.41) is 5.76. The molecule has 0 radical (unpaired) electrons. The van der Waals surface area contributed by atoms with Gasteiger partial charge in [-0.05, 0) is 51.0 Å². The Hall–Kier alpha value is -2.80. The summed E-state index contributed by atoms with van der Waals surface area (Å²) in [5.74, 6) is 0.138. The first-order valence-electron chi connectivity index (χ1n) is 9.73. The second kappa shape index (κ2) is 7.91. The lowest BCUT2D eigenvalue weighted by atomic mass is 9.92. The van der Waals surface area contributed by atoms with Crippen LogP contribution in [0.25, 0.3) is 11.0 Å². The Labute approximate surface area is 173 Å². The van der Waals surface area contributed by atoms with E-state index in [1.165, 1.54) is 16.8 Å². The van der Waals surface area contributed by atoms with Crippen molar-refractivity contribution in [3.05, 3.63) is 63.3 Å². The first-order chi connectivity index (χ1) is 13.9. The first kappa shape index (κ1) is 19.5. The predicted octanol–water partition coefficient (Wildman–Crippen LogP) is 3.44. The molecule has 0 atom stereocenters. The van der Waals surface area contributed by atoms with Crippen molar-refractivity contribution in [2.45, 2.75) is 38.6 Å². The van der Waals surface area contributed by atoms with E-state index in [2.05, 4.69) is 15.1 Å². The smallest absolute Gasteiger partial charge is 0.274 e. The molecule has 8 heteroatoms. The minimum absolute atomic E-state index is 0.0940. The van der Waals surface area contributed by atoms with Crippen molar-refractivity contribution in [1.29, 1.82) is 0 Å². The second-order valence-corrected chi connectivity index (χ2v) is 8.03. The van der Waals surface area contributed by atoms with Crippen LogP contribution in [0, 0.1) is 0 Å². The molecule has 4 heterocycles. The van der Waals surface area contributed by atoms with Crippen molar-refractivity contribution >= 4 is 28.5 Å². The molecule has 0 spiro atoms. The predicted molar refractivity (Wildman–Crippen MR) is 111 cm³/mol. The Morgan fingerprint density at radius 3 is 2.66 bits per heavy atom. The number of piperidine rings is 1. The third-order valence-corrected chi connectivity index (χ3v) is 5.47. The lowest BCUT2D eigenvalue weighted by molar-refractivity contribution is 0.0703. The fourth-order valence-corrected chi connectivity index (χ4v) is 3.84. The van der Waals surface area contributed by atoms with E-state index < -0.39 is 0 Å². The van der Waals surface area contributed by atoms with Crippen molar-refractivity contribution in [2.75, 3.05) is 13.1 Å². The van der Waals surface area contributed by atoms with Crippen molar-refractivity contribution in [3.63, 3.8) is 0 Å². The number of likely N-dealkylation sites (tertiary alicyclic amines) is 1. The molecule has 3 aromatic heterocycles. The van der Waals surface area contributed by atoms with Crippen LogP contribution in [0.3, 0.4) is 0 Å². The summed E-state index contributed by atoms with van der Waals surface area (Å²) in [6.45, 7) is 4.99. The third-order valence-electron chi connectivity index (χ3n) is 5.26. The second-order valence-electron chi connectivity index (χ2n) is 7.60. The van der Waals surface area contributed by atoms with Gasteiger partial charge in [0.15, 0.2) is 5.65 Å². The quantitative estimate of drug-likeness (QED) is 0.659. The van der Waals surface area contributed by atoms with E-state index in [1.807, 2.05) is 32.0 Å². The number of amides is 1. The molecule has 0 unspecified atom stereocenters. The minimum atomic E-state index is -0.201. The monoisotopic (exact) mass is 411 g/mol. The van der Waals surface area contributed by atoms with E-state index in [1.54, 1.807) is 11.1 Å². The molecule has 1 aliphatic rings. The van der Waals surface area contributed by atoms with Crippen LogP contribution in [-0.2, 0) is 0 Å². The summed E-state index contributed by atoms with van der Waals surface area (Å²) in [6, 6.07) is 8.69. The zero-order valence-electron chi connectivity index (χ0n) is 16.4. The summed E-state index contributed by atoms with van der Waals surface area (Å²) in [6.07, 6.45) is 3.24. The standard InChI is InChI=1S/C21H22ClN5O2/c1-13(2)27-19(28)6-5-18(25-27)21(29)26-9-7-14(8-10-26)17-4-3-15-11-16(22)12-23-20(15)24-17/h3-6,11-14H,7-10H2,1-2H3. The number of fused-ring (bicyclic) bond motifs is 1. The number of carbonyl (C=O) groups is 1. The lowest BCUT2D eigenvalue weighted by Gasteiger charge is -2.31. The SMILES string of the molecule is CC(C)n1nc(C(=O)N2CCC(c3ccc4cc(Cl)cnc4n3)CC2)ccc1=O.